The zero-order chi connectivity index (χ0) is 17.6. The fourth-order valence-electron chi connectivity index (χ4n) is 2.60. The van der Waals surface area contributed by atoms with E-state index in [1.807, 2.05) is 0 Å². The molecule has 1 saturated heterocycles. The largest absolute Gasteiger partial charge is 0.481 e. The van der Waals surface area contributed by atoms with Crippen molar-refractivity contribution < 1.29 is 18.7 Å². The summed E-state index contributed by atoms with van der Waals surface area (Å²) in [7, 11) is 0. The maximum Gasteiger partial charge on any atom is 0.261 e. The topological polar surface area (TPSA) is 71.3 Å². The van der Waals surface area contributed by atoms with Crippen LogP contribution in [-0.2, 0) is 4.79 Å². The molecule has 0 spiro atoms. The van der Waals surface area contributed by atoms with Gasteiger partial charge in [0.25, 0.3) is 5.91 Å². The molecule has 1 atom stereocenters. The highest BCUT2D eigenvalue weighted by molar-refractivity contribution is 5.81. The third kappa shape index (κ3) is 4.07. The highest BCUT2D eigenvalue weighted by Gasteiger charge is 2.22. The first-order chi connectivity index (χ1) is 12.2. The zero-order valence-corrected chi connectivity index (χ0v) is 13.5. The van der Waals surface area contributed by atoms with Crippen molar-refractivity contribution in [3.63, 3.8) is 0 Å². The van der Waals surface area contributed by atoms with Gasteiger partial charge < -0.3 is 14.8 Å². The average molecular weight is 340 g/mol. The van der Waals surface area contributed by atoms with E-state index in [0.717, 1.165) is 12.8 Å². The van der Waals surface area contributed by atoms with Crippen molar-refractivity contribution in [3.8, 4) is 23.3 Å². The van der Waals surface area contributed by atoms with Gasteiger partial charge in [-0.25, -0.2) is 4.39 Å². The van der Waals surface area contributed by atoms with Crippen molar-refractivity contribution in [1.29, 1.82) is 5.26 Å². The molecule has 2 aromatic rings. The van der Waals surface area contributed by atoms with Gasteiger partial charge in [0.15, 0.2) is 6.10 Å². The minimum absolute atomic E-state index is 0.101. The van der Waals surface area contributed by atoms with E-state index in [-0.39, 0.29) is 17.2 Å². The van der Waals surface area contributed by atoms with Gasteiger partial charge in [-0.3, -0.25) is 4.79 Å². The van der Waals surface area contributed by atoms with Crippen molar-refractivity contribution >= 4 is 5.91 Å². The molecule has 1 aliphatic rings. The van der Waals surface area contributed by atoms with E-state index < -0.39 is 11.9 Å². The van der Waals surface area contributed by atoms with Crippen LogP contribution in [0.25, 0.3) is 0 Å². The summed E-state index contributed by atoms with van der Waals surface area (Å²) in [6.45, 7) is 0.681. The van der Waals surface area contributed by atoms with Crippen LogP contribution in [0.4, 0.5) is 4.39 Å². The van der Waals surface area contributed by atoms with Crippen LogP contribution >= 0.6 is 0 Å². The Morgan fingerprint density at radius 2 is 1.88 bits per heavy atom. The van der Waals surface area contributed by atoms with E-state index in [4.69, 9.17) is 14.7 Å². The number of hydrogen-bond acceptors (Lipinski definition) is 4. The van der Waals surface area contributed by atoms with E-state index in [2.05, 4.69) is 5.32 Å². The molecule has 2 aromatic carbocycles. The number of nitriles is 1. The van der Waals surface area contributed by atoms with Gasteiger partial charge in [-0.2, -0.15) is 5.26 Å². The number of ether oxygens (including phenoxy) is 2. The summed E-state index contributed by atoms with van der Waals surface area (Å²) in [4.78, 5) is 11.9. The monoisotopic (exact) mass is 340 g/mol. The van der Waals surface area contributed by atoms with Crippen LogP contribution in [-0.4, -0.2) is 18.6 Å². The molecule has 0 aliphatic carbocycles. The maximum atomic E-state index is 13.6. The lowest BCUT2D eigenvalue weighted by atomic mass is 10.2. The molecule has 1 unspecified atom stereocenters. The standard InChI is InChI=1S/C19H17FN2O3/c20-16-4-3-6-17(15(16)12-21)24-13-7-9-14(10-8-13)25-18-5-1-2-11-22-19(18)23/h3-4,6-10,18H,1-2,5,11H2,(H,22,23). The van der Waals surface area contributed by atoms with E-state index >= 15 is 0 Å². The van der Waals surface area contributed by atoms with Crippen molar-refractivity contribution in [1.82, 2.24) is 5.32 Å². The lowest BCUT2D eigenvalue weighted by Gasteiger charge is -2.16. The van der Waals surface area contributed by atoms with Gasteiger partial charge in [0.2, 0.25) is 0 Å². The summed E-state index contributed by atoms with van der Waals surface area (Å²) in [6.07, 6.45) is 2.07. The molecule has 6 heteroatoms. The van der Waals surface area contributed by atoms with Crippen LogP contribution in [0.5, 0.6) is 17.2 Å². The second kappa shape index (κ2) is 7.67. The number of benzene rings is 2. The Kier molecular flexibility index (Phi) is 5.14. The van der Waals surface area contributed by atoms with E-state index in [1.54, 1.807) is 30.3 Å². The molecule has 1 aliphatic heterocycles. The van der Waals surface area contributed by atoms with E-state index in [0.29, 0.717) is 24.5 Å². The van der Waals surface area contributed by atoms with Gasteiger partial charge in [0.05, 0.1) is 0 Å². The Labute approximate surface area is 145 Å². The summed E-state index contributed by atoms with van der Waals surface area (Å²) in [5, 5.41) is 11.8. The first-order valence-corrected chi connectivity index (χ1v) is 8.08. The SMILES string of the molecule is N#Cc1c(F)cccc1Oc1ccc(OC2CCCCNC2=O)cc1. The second-order valence-corrected chi connectivity index (χ2v) is 5.69. The minimum atomic E-state index is -0.626. The smallest absolute Gasteiger partial charge is 0.261 e. The predicted octanol–water partition coefficient (Wildman–Crippen LogP) is 3.54. The van der Waals surface area contributed by atoms with Gasteiger partial charge in [0.1, 0.15) is 34.7 Å². The Bertz CT molecular complexity index is 799. The quantitative estimate of drug-likeness (QED) is 0.924. The van der Waals surface area contributed by atoms with E-state index in [1.165, 1.54) is 18.2 Å². The van der Waals surface area contributed by atoms with Gasteiger partial charge in [0, 0.05) is 6.54 Å². The summed E-state index contributed by atoms with van der Waals surface area (Å²) >= 11 is 0. The molecule has 1 heterocycles. The number of amides is 1. The Balaban J connectivity index is 1.69. The zero-order valence-electron chi connectivity index (χ0n) is 13.5. The molecular formula is C19H17FN2O3. The summed E-state index contributed by atoms with van der Waals surface area (Å²) in [5.41, 5.74) is -0.141. The fraction of sp³-hybridized carbons (Fsp3) is 0.263. The van der Waals surface area contributed by atoms with Gasteiger partial charge in [-0.15, -0.1) is 0 Å². The maximum absolute atomic E-state index is 13.6. The third-order valence-electron chi connectivity index (χ3n) is 3.90. The molecule has 1 fully saturated rings. The Hall–Kier alpha value is -3.07. The normalized spacial score (nSPS) is 17.1. The molecule has 5 nitrogen and oxygen atoms in total. The molecule has 0 saturated carbocycles. The first-order valence-electron chi connectivity index (χ1n) is 8.08. The molecule has 1 amide bonds. The molecule has 128 valence electrons. The van der Waals surface area contributed by atoms with Gasteiger partial charge in [-0.1, -0.05) is 6.07 Å². The predicted molar refractivity (Wildman–Crippen MR) is 88.9 cm³/mol. The van der Waals surface area contributed by atoms with Crippen LogP contribution in [0.3, 0.4) is 0 Å². The Morgan fingerprint density at radius 1 is 1.12 bits per heavy atom. The second-order valence-electron chi connectivity index (χ2n) is 5.69. The number of carbonyl (C=O) groups excluding carboxylic acids is 1. The lowest BCUT2D eigenvalue weighted by Crippen LogP contribution is -2.36. The van der Waals surface area contributed by atoms with Crippen LogP contribution in [0.2, 0.25) is 0 Å². The lowest BCUT2D eigenvalue weighted by molar-refractivity contribution is -0.127. The van der Waals surface area contributed by atoms with Crippen LogP contribution < -0.4 is 14.8 Å². The average Bonchev–Trinajstić information content (AvgIpc) is 2.81. The summed E-state index contributed by atoms with van der Waals surface area (Å²) < 4.78 is 24.9. The highest BCUT2D eigenvalue weighted by Crippen LogP contribution is 2.28. The summed E-state index contributed by atoms with van der Waals surface area (Å²) in [5.74, 6) is 0.420. The third-order valence-corrected chi connectivity index (χ3v) is 3.90. The molecule has 25 heavy (non-hydrogen) atoms. The highest BCUT2D eigenvalue weighted by atomic mass is 19.1. The molecule has 0 radical (unpaired) electrons. The number of rotatable bonds is 4. The van der Waals surface area contributed by atoms with Crippen LogP contribution in [0.1, 0.15) is 24.8 Å². The number of carbonyl (C=O) groups is 1. The minimum Gasteiger partial charge on any atom is -0.481 e. The number of hydrogen-bond donors (Lipinski definition) is 1. The van der Waals surface area contributed by atoms with Crippen LogP contribution in [0.15, 0.2) is 42.5 Å². The number of nitrogens with one attached hydrogen (secondary N) is 1. The van der Waals surface area contributed by atoms with E-state index in [9.17, 15) is 9.18 Å². The molecule has 3 rings (SSSR count). The molecular weight excluding hydrogens is 323 g/mol. The summed E-state index contributed by atoms with van der Waals surface area (Å²) in [6, 6.07) is 12.7. The van der Waals surface area contributed by atoms with Crippen molar-refractivity contribution in [2.75, 3.05) is 6.54 Å². The van der Waals surface area contributed by atoms with Gasteiger partial charge >= 0.3 is 0 Å². The van der Waals surface area contributed by atoms with Crippen molar-refractivity contribution in [2.24, 2.45) is 0 Å². The number of nitrogens with zero attached hydrogens (tertiary/aromatic N) is 1. The van der Waals surface area contributed by atoms with Crippen molar-refractivity contribution in [3.05, 3.63) is 53.8 Å². The molecule has 0 bridgehead atoms. The Morgan fingerprint density at radius 3 is 2.64 bits per heavy atom. The van der Waals surface area contributed by atoms with Crippen LogP contribution in [0, 0.1) is 17.1 Å². The number of halogens is 1. The fourth-order valence-corrected chi connectivity index (χ4v) is 2.60. The molecule has 0 aromatic heterocycles. The van der Waals surface area contributed by atoms with Gasteiger partial charge in [-0.05, 0) is 55.7 Å². The van der Waals surface area contributed by atoms with Crippen molar-refractivity contribution in [2.45, 2.75) is 25.4 Å². The molecule has 1 N–H and O–H groups in total. The first kappa shape index (κ1) is 16.8.